The van der Waals surface area contributed by atoms with Gasteiger partial charge in [0.15, 0.2) is 5.69 Å². The SMILES string of the molecule is CN(C)c1cc(C(F)(F)F)nc(N[C@H]2CCCO[C@@H]2c2ccncc2)n1. The van der Waals surface area contributed by atoms with Crippen LogP contribution in [0.25, 0.3) is 0 Å². The van der Waals surface area contributed by atoms with Crippen LogP contribution >= 0.6 is 0 Å². The lowest BCUT2D eigenvalue weighted by Crippen LogP contribution is -2.34. The summed E-state index contributed by atoms with van der Waals surface area (Å²) in [6.07, 6.45) is 0.0259. The molecule has 2 aromatic rings. The second-order valence-corrected chi connectivity index (χ2v) is 6.29. The highest BCUT2D eigenvalue weighted by Crippen LogP contribution is 2.33. The van der Waals surface area contributed by atoms with Crippen LogP contribution < -0.4 is 10.2 Å². The number of pyridine rings is 1. The third-order valence-electron chi connectivity index (χ3n) is 4.13. The summed E-state index contributed by atoms with van der Waals surface area (Å²) in [7, 11) is 3.27. The van der Waals surface area contributed by atoms with Gasteiger partial charge in [0.2, 0.25) is 5.95 Å². The zero-order chi connectivity index (χ0) is 18.7. The van der Waals surface area contributed by atoms with E-state index in [1.807, 2.05) is 12.1 Å². The van der Waals surface area contributed by atoms with Crippen molar-refractivity contribution in [3.63, 3.8) is 0 Å². The Labute approximate surface area is 149 Å². The maximum Gasteiger partial charge on any atom is 0.433 e. The van der Waals surface area contributed by atoms with Crippen molar-refractivity contribution in [3.8, 4) is 0 Å². The van der Waals surface area contributed by atoms with Crippen LogP contribution in [-0.2, 0) is 10.9 Å². The van der Waals surface area contributed by atoms with Crippen molar-refractivity contribution in [2.24, 2.45) is 0 Å². The summed E-state index contributed by atoms with van der Waals surface area (Å²) < 4.78 is 45.3. The molecule has 26 heavy (non-hydrogen) atoms. The highest BCUT2D eigenvalue weighted by molar-refractivity contribution is 5.45. The lowest BCUT2D eigenvalue weighted by molar-refractivity contribution is -0.141. The number of alkyl halides is 3. The predicted molar refractivity (Wildman–Crippen MR) is 90.9 cm³/mol. The van der Waals surface area contributed by atoms with Gasteiger partial charge in [-0.1, -0.05) is 0 Å². The fourth-order valence-corrected chi connectivity index (χ4v) is 2.85. The van der Waals surface area contributed by atoms with Gasteiger partial charge in [-0.2, -0.15) is 18.2 Å². The Morgan fingerprint density at radius 3 is 2.58 bits per heavy atom. The van der Waals surface area contributed by atoms with Gasteiger partial charge >= 0.3 is 6.18 Å². The quantitative estimate of drug-likeness (QED) is 0.895. The summed E-state index contributed by atoms with van der Waals surface area (Å²) in [5, 5.41) is 3.04. The normalized spacial score (nSPS) is 20.7. The Kier molecular flexibility index (Phi) is 5.26. The molecule has 6 nitrogen and oxygen atoms in total. The van der Waals surface area contributed by atoms with E-state index < -0.39 is 11.9 Å². The van der Waals surface area contributed by atoms with Crippen LogP contribution in [0.2, 0.25) is 0 Å². The van der Waals surface area contributed by atoms with Gasteiger partial charge < -0.3 is 15.0 Å². The van der Waals surface area contributed by atoms with Crippen molar-refractivity contribution in [2.45, 2.75) is 31.2 Å². The number of hydrogen-bond acceptors (Lipinski definition) is 6. The van der Waals surface area contributed by atoms with Gasteiger partial charge in [0.05, 0.1) is 6.04 Å². The van der Waals surface area contributed by atoms with Gasteiger partial charge in [-0.25, -0.2) is 4.98 Å². The van der Waals surface area contributed by atoms with Gasteiger partial charge in [-0.05, 0) is 30.5 Å². The molecule has 0 unspecified atom stereocenters. The van der Waals surface area contributed by atoms with Crippen LogP contribution in [0.5, 0.6) is 0 Å². The first-order valence-corrected chi connectivity index (χ1v) is 8.26. The number of ether oxygens (including phenoxy) is 1. The molecule has 0 saturated carbocycles. The molecule has 0 spiro atoms. The Bertz CT molecular complexity index is 739. The molecule has 140 valence electrons. The van der Waals surface area contributed by atoms with Crippen LogP contribution in [0.4, 0.5) is 24.9 Å². The average Bonchev–Trinajstić information content (AvgIpc) is 2.62. The lowest BCUT2D eigenvalue weighted by Gasteiger charge is -2.32. The zero-order valence-electron chi connectivity index (χ0n) is 14.5. The zero-order valence-corrected chi connectivity index (χ0v) is 14.5. The summed E-state index contributed by atoms with van der Waals surface area (Å²) in [6.45, 7) is 0.595. The lowest BCUT2D eigenvalue weighted by atomic mass is 9.97. The molecule has 3 heterocycles. The molecule has 0 aliphatic carbocycles. The molecule has 9 heteroatoms. The second-order valence-electron chi connectivity index (χ2n) is 6.29. The number of anilines is 2. The molecule has 0 amide bonds. The number of rotatable bonds is 4. The molecular formula is C17H20F3N5O. The van der Waals surface area contributed by atoms with Gasteiger partial charge in [0.25, 0.3) is 0 Å². The predicted octanol–water partition coefficient (Wildman–Crippen LogP) is 3.29. The van der Waals surface area contributed by atoms with Crippen molar-refractivity contribution in [1.82, 2.24) is 15.0 Å². The van der Waals surface area contributed by atoms with Gasteiger partial charge in [0.1, 0.15) is 11.9 Å². The maximum absolute atomic E-state index is 13.2. The van der Waals surface area contributed by atoms with Crippen molar-refractivity contribution < 1.29 is 17.9 Å². The van der Waals surface area contributed by atoms with Crippen LogP contribution in [0, 0.1) is 0 Å². The monoisotopic (exact) mass is 367 g/mol. The minimum Gasteiger partial charge on any atom is -0.371 e. The van der Waals surface area contributed by atoms with Crippen LogP contribution in [0.3, 0.4) is 0 Å². The Hall–Kier alpha value is -2.42. The summed E-state index contributed by atoms with van der Waals surface area (Å²) >= 11 is 0. The molecule has 1 aliphatic rings. The first kappa shape index (κ1) is 18.4. The maximum atomic E-state index is 13.2. The fraction of sp³-hybridized carbons (Fsp3) is 0.471. The van der Waals surface area contributed by atoms with Crippen molar-refractivity contribution >= 4 is 11.8 Å². The van der Waals surface area contributed by atoms with Crippen LogP contribution in [0.15, 0.2) is 30.6 Å². The van der Waals surface area contributed by atoms with E-state index >= 15 is 0 Å². The van der Waals surface area contributed by atoms with Crippen molar-refractivity contribution in [1.29, 1.82) is 0 Å². The average molecular weight is 367 g/mol. The van der Waals surface area contributed by atoms with E-state index in [2.05, 4.69) is 20.3 Å². The molecule has 2 aromatic heterocycles. The van der Waals surface area contributed by atoms with E-state index in [1.165, 1.54) is 4.90 Å². The summed E-state index contributed by atoms with van der Waals surface area (Å²) in [4.78, 5) is 13.4. The van der Waals surface area contributed by atoms with Crippen molar-refractivity contribution in [2.75, 3.05) is 30.9 Å². The standard InChI is InChI=1S/C17H20F3N5O/c1-25(2)14-10-13(17(18,19)20)23-16(24-14)22-12-4-3-9-26-15(12)11-5-7-21-8-6-11/h5-8,10,12,15H,3-4,9H2,1-2H3,(H,22,23,24)/t12-,15+/m0/s1. The van der Waals surface area contributed by atoms with Crippen LogP contribution in [0.1, 0.15) is 30.2 Å². The molecule has 1 N–H and O–H groups in total. The smallest absolute Gasteiger partial charge is 0.371 e. The number of nitrogens with one attached hydrogen (secondary N) is 1. The van der Waals surface area contributed by atoms with Crippen molar-refractivity contribution in [3.05, 3.63) is 41.9 Å². The molecule has 3 rings (SSSR count). The van der Waals surface area contributed by atoms with E-state index in [-0.39, 0.29) is 23.9 Å². The third kappa shape index (κ3) is 4.21. The minimum absolute atomic E-state index is 0.0573. The van der Waals surface area contributed by atoms with Gasteiger partial charge in [-0.3, -0.25) is 4.98 Å². The largest absolute Gasteiger partial charge is 0.433 e. The molecule has 0 bridgehead atoms. The first-order valence-electron chi connectivity index (χ1n) is 8.26. The van der Waals surface area contributed by atoms with Gasteiger partial charge in [0, 0.05) is 39.2 Å². The van der Waals surface area contributed by atoms with E-state index in [1.54, 1.807) is 26.5 Å². The number of aromatic nitrogens is 3. The number of hydrogen-bond donors (Lipinski definition) is 1. The Morgan fingerprint density at radius 2 is 1.92 bits per heavy atom. The summed E-state index contributed by atoms with van der Waals surface area (Å²) in [5.41, 5.74) is -0.0621. The third-order valence-corrected chi connectivity index (χ3v) is 4.13. The highest BCUT2D eigenvalue weighted by atomic mass is 19.4. The van der Waals surface area contributed by atoms with Crippen LogP contribution in [-0.4, -0.2) is 41.7 Å². The molecular weight excluding hydrogens is 347 g/mol. The first-order chi connectivity index (χ1) is 12.3. The fourth-order valence-electron chi connectivity index (χ4n) is 2.85. The Morgan fingerprint density at radius 1 is 1.19 bits per heavy atom. The topological polar surface area (TPSA) is 63.2 Å². The number of halogens is 3. The van der Waals surface area contributed by atoms with Gasteiger partial charge in [-0.15, -0.1) is 0 Å². The highest BCUT2D eigenvalue weighted by Gasteiger charge is 2.35. The van der Waals surface area contributed by atoms with E-state index in [0.29, 0.717) is 6.61 Å². The second kappa shape index (κ2) is 7.45. The molecule has 0 radical (unpaired) electrons. The van der Waals surface area contributed by atoms with E-state index in [9.17, 15) is 13.2 Å². The Balaban J connectivity index is 1.89. The van der Waals surface area contributed by atoms with E-state index in [0.717, 1.165) is 24.5 Å². The molecule has 1 aliphatic heterocycles. The molecule has 2 atom stereocenters. The molecule has 0 aromatic carbocycles. The molecule has 1 fully saturated rings. The minimum atomic E-state index is -4.54. The summed E-state index contributed by atoms with van der Waals surface area (Å²) in [5.74, 6) is 0.130. The number of nitrogens with zero attached hydrogens (tertiary/aromatic N) is 4. The summed E-state index contributed by atoms with van der Waals surface area (Å²) in [6, 6.07) is 4.37. The van der Waals surface area contributed by atoms with E-state index in [4.69, 9.17) is 4.74 Å². The molecule has 1 saturated heterocycles.